The van der Waals surface area contributed by atoms with Gasteiger partial charge < -0.3 is 38.6 Å². The lowest BCUT2D eigenvalue weighted by Crippen LogP contribution is -2.37. The number of nitrogens with one attached hydrogen (secondary N) is 1. The number of likely N-dealkylation sites (tertiary alicyclic amines) is 1. The first-order valence-electron chi connectivity index (χ1n) is 27.3. The fourth-order valence-corrected chi connectivity index (χ4v) is 9.53. The van der Waals surface area contributed by atoms with Gasteiger partial charge in [0.1, 0.15) is 6.61 Å². The third kappa shape index (κ3) is 45.4. The second-order valence-corrected chi connectivity index (χ2v) is 22.3. The van der Waals surface area contributed by atoms with E-state index in [9.17, 15) is 14.4 Å². The van der Waals surface area contributed by atoms with Crippen LogP contribution in [-0.2, 0) is 38.0 Å². The molecular formula is C55H102N2O9S2. The van der Waals surface area contributed by atoms with Gasteiger partial charge in [-0.05, 0) is 130 Å². The molecule has 0 aromatic rings. The minimum atomic E-state index is -0.428. The number of unbranched alkanes of at least 4 members (excludes halogenated alkanes) is 11. The van der Waals surface area contributed by atoms with Crippen molar-refractivity contribution in [3.05, 3.63) is 23.3 Å². The Bertz CT molecular complexity index is 1260. The van der Waals surface area contributed by atoms with E-state index in [2.05, 4.69) is 63.9 Å². The van der Waals surface area contributed by atoms with Gasteiger partial charge in [-0.2, -0.15) is 0 Å². The van der Waals surface area contributed by atoms with E-state index in [1.807, 2.05) is 0 Å². The van der Waals surface area contributed by atoms with Crippen LogP contribution in [0.4, 0.5) is 4.79 Å². The van der Waals surface area contributed by atoms with Gasteiger partial charge in [-0.3, -0.25) is 9.59 Å². The lowest BCUT2D eigenvalue weighted by Gasteiger charge is -2.19. The standard InChI is InChI=1S/C55H102N2O9S2/c1-48(2)26-24-28-50(5)32-39-64-53(58)30-18-12-8-7-10-16-22-37-62-47-52(46-56-55(60)66-43-45-68-67-44-42-61-41-36-57-34-20-14-15-21-35-57)63-38-23-17-11-9-13-19-31-54(59)65-40-33-51(6)29-25-27-49(3)4/h26-27,50-52H,7-25,28-47H2,1-6H3,(H,56,60). The number of amides is 1. The van der Waals surface area contributed by atoms with Crippen molar-refractivity contribution >= 4 is 39.6 Å². The predicted molar refractivity (Wildman–Crippen MR) is 287 cm³/mol. The number of hydrogen-bond acceptors (Lipinski definition) is 12. The monoisotopic (exact) mass is 999 g/mol. The number of nitrogens with zero attached hydrogens (tertiary/aromatic N) is 1. The van der Waals surface area contributed by atoms with Crippen LogP contribution in [0, 0.1) is 11.8 Å². The highest BCUT2D eigenvalue weighted by Gasteiger charge is 2.14. The number of allylic oxidation sites excluding steroid dienone is 4. The topological polar surface area (TPSA) is 122 Å². The second kappa shape index (κ2) is 47.5. The van der Waals surface area contributed by atoms with Crippen molar-refractivity contribution in [1.29, 1.82) is 0 Å². The van der Waals surface area contributed by atoms with Gasteiger partial charge in [-0.15, -0.1) is 0 Å². The molecule has 1 amide bonds. The summed E-state index contributed by atoms with van der Waals surface area (Å²) in [6.07, 6.45) is 30.0. The van der Waals surface area contributed by atoms with E-state index < -0.39 is 6.09 Å². The number of ether oxygens (including phenoxy) is 6. The summed E-state index contributed by atoms with van der Waals surface area (Å²) in [7, 11) is 3.46. The molecule has 1 rings (SSSR count). The van der Waals surface area contributed by atoms with Gasteiger partial charge in [0.15, 0.2) is 0 Å². The molecule has 1 fully saturated rings. The Morgan fingerprint density at radius 3 is 1.59 bits per heavy atom. The molecule has 1 heterocycles. The third-order valence-corrected chi connectivity index (χ3v) is 14.6. The number of hydrogen-bond donors (Lipinski definition) is 1. The van der Waals surface area contributed by atoms with Crippen LogP contribution in [0.15, 0.2) is 23.3 Å². The zero-order valence-corrected chi connectivity index (χ0v) is 46.0. The molecule has 398 valence electrons. The van der Waals surface area contributed by atoms with Crippen molar-refractivity contribution in [2.45, 2.75) is 208 Å². The van der Waals surface area contributed by atoms with Crippen molar-refractivity contribution < 1.29 is 42.8 Å². The zero-order valence-electron chi connectivity index (χ0n) is 44.4. The van der Waals surface area contributed by atoms with E-state index in [0.717, 1.165) is 153 Å². The minimum Gasteiger partial charge on any atom is -0.466 e. The third-order valence-electron chi connectivity index (χ3n) is 12.3. The predicted octanol–water partition coefficient (Wildman–Crippen LogP) is 13.9. The molecule has 68 heavy (non-hydrogen) atoms. The van der Waals surface area contributed by atoms with Crippen LogP contribution >= 0.6 is 21.6 Å². The van der Waals surface area contributed by atoms with Crippen molar-refractivity contribution in [1.82, 2.24) is 10.2 Å². The van der Waals surface area contributed by atoms with E-state index in [0.29, 0.717) is 70.9 Å². The maximum Gasteiger partial charge on any atom is 0.407 e. The SMILES string of the molecule is CC(C)=CCCC(C)CCOC(=O)CCCCCCCCCOCC(CNC(=O)OCCSSCCOCCN1CCCCCC1)OCCCCCCCCC(=O)OCCC(C)CCC=C(C)C. The number of carbonyl (C=O) groups is 3. The van der Waals surface area contributed by atoms with Crippen molar-refractivity contribution in [2.75, 3.05) is 90.5 Å². The Kier molecular flexibility index (Phi) is 44.9. The van der Waals surface area contributed by atoms with E-state index in [1.165, 1.54) is 49.9 Å². The smallest absolute Gasteiger partial charge is 0.407 e. The summed E-state index contributed by atoms with van der Waals surface area (Å²) >= 11 is 0. The maximum atomic E-state index is 12.5. The Morgan fingerprint density at radius 2 is 1.04 bits per heavy atom. The van der Waals surface area contributed by atoms with Gasteiger partial charge in [0.25, 0.3) is 0 Å². The lowest BCUT2D eigenvalue weighted by molar-refractivity contribution is -0.145. The molecule has 0 saturated carbocycles. The Balaban J connectivity index is 2.23. The molecule has 0 aromatic heterocycles. The summed E-state index contributed by atoms with van der Waals surface area (Å²) in [6.45, 7) is 21.4. The van der Waals surface area contributed by atoms with Crippen LogP contribution in [0.3, 0.4) is 0 Å². The Labute approximate surface area is 424 Å². The highest BCUT2D eigenvalue weighted by molar-refractivity contribution is 8.76. The molecule has 13 heteroatoms. The first-order chi connectivity index (χ1) is 33.0. The van der Waals surface area contributed by atoms with Crippen molar-refractivity contribution in [2.24, 2.45) is 11.8 Å². The van der Waals surface area contributed by atoms with Crippen LogP contribution in [0.2, 0.25) is 0 Å². The molecule has 0 bridgehead atoms. The first kappa shape index (κ1) is 64.2. The van der Waals surface area contributed by atoms with Gasteiger partial charge in [0, 0.05) is 50.7 Å². The second-order valence-electron chi connectivity index (χ2n) is 19.6. The average Bonchev–Trinajstić information content (AvgIpc) is 3.58. The van der Waals surface area contributed by atoms with Gasteiger partial charge in [0.2, 0.25) is 0 Å². The molecule has 0 spiro atoms. The number of esters is 2. The quantitative estimate of drug-likeness (QED) is 0.0205. The Hall–Kier alpha value is -1.77. The first-order valence-corrected chi connectivity index (χ1v) is 29.8. The van der Waals surface area contributed by atoms with E-state index in [4.69, 9.17) is 28.4 Å². The van der Waals surface area contributed by atoms with E-state index >= 15 is 0 Å². The van der Waals surface area contributed by atoms with Crippen LogP contribution in [0.1, 0.15) is 202 Å². The highest BCUT2D eigenvalue weighted by Crippen LogP contribution is 2.20. The number of carbonyl (C=O) groups excluding carboxylic acids is 3. The summed E-state index contributed by atoms with van der Waals surface area (Å²) in [6, 6.07) is 0. The fraction of sp³-hybridized carbons (Fsp3) is 0.873. The van der Waals surface area contributed by atoms with Crippen molar-refractivity contribution in [3.63, 3.8) is 0 Å². The normalized spacial score (nSPS) is 14.4. The molecule has 1 N–H and O–H groups in total. The van der Waals surface area contributed by atoms with E-state index in [1.54, 1.807) is 21.6 Å². The zero-order chi connectivity index (χ0) is 49.6. The molecule has 3 unspecified atom stereocenters. The fourth-order valence-electron chi connectivity index (χ4n) is 7.84. The van der Waals surface area contributed by atoms with E-state index in [-0.39, 0.29) is 18.0 Å². The van der Waals surface area contributed by atoms with Gasteiger partial charge in [0.05, 0.1) is 39.1 Å². The number of rotatable bonds is 46. The van der Waals surface area contributed by atoms with Gasteiger partial charge in [-0.25, -0.2) is 4.79 Å². The highest BCUT2D eigenvalue weighted by atomic mass is 33.1. The molecule has 1 aliphatic heterocycles. The molecule has 1 saturated heterocycles. The average molecular weight is 1000 g/mol. The largest absolute Gasteiger partial charge is 0.466 e. The minimum absolute atomic E-state index is 0.0628. The van der Waals surface area contributed by atoms with Crippen LogP contribution in [0.5, 0.6) is 0 Å². The van der Waals surface area contributed by atoms with Crippen LogP contribution in [0.25, 0.3) is 0 Å². The van der Waals surface area contributed by atoms with Crippen LogP contribution in [-0.4, -0.2) is 120 Å². The van der Waals surface area contributed by atoms with Gasteiger partial charge in [-0.1, -0.05) is 129 Å². The molecule has 11 nitrogen and oxygen atoms in total. The molecule has 0 aromatic carbocycles. The molecule has 1 aliphatic rings. The maximum absolute atomic E-state index is 12.5. The molecule has 3 atom stereocenters. The summed E-state index contributed by atoms with van der Waals surface area (Å²) in [5.74, 6) is 2.63. The van der Waals surface area contributed by atoms with Crippen molar-refractivity contribution in [3.8, 4) is 0 Å². The summed E-state index contributed by atoms with van der Waals surface area (Å²) in [4.78, 5) is 39.4. The van der Waals surface area contributed by atoms with Crippen LogP contribution < -0.4 is 5.32 Å². The molecular weight excluding hydrogens is 897 g/mol. The summed E-state index contributed by atoms with van der Waals surface area (Å²) in [5, 5.41) is 2.89. The summed E-state index contributed by atoms with van der Waals surface area (Å²) < 4.78 is 34.5. The van der Waals surface area contributed by atoms with Gasteiger partial charge >= 0.3 is 18.0 Å². The molecule has 0 aliphatic carbocycles. The Morgan fingerprint density at radius 1 is 0.544 bits per heavy atom. The molecule has 0 radical (unpaired) electrons. The lowest BCUT2D eigenvalue weighted by atomic mass is 10.0. The number of alkyl carbamates (subject to hydrolysis) is 1. The summed E-state index contributed by atoms with van der Waals surface area (Å²) in [5.41, 5.74) is 2.71.